The van der Waals surface area contributed by atoms with Gasteiger partial charge in [0.05, 0.1) is 22.6 Å². The molecule has 3 aromatic heterocycles. The standard InChI is InChI=1S/C28H28FN7/c1-28(2,16-30)23-8-5-9-24(33-23)36-15-22(29)21-12-31-27(34-26(21)36)32-20-10-17-6-4-7-18-13-35(3)14-19(11-20)25(17)18/h5,8-12,15,18H,4,6-7,13-14H2,1-3H3,(H,31,32,34). The Bertz CT molecular complexity index is 1530. The molecule has 0 fully saturated rings. The zero-order valence-corrected chi connectivity index (χ0v) is 20.7. The van der Waals surface area contributed by atoms with Gasteiger partial charge in [0.2, 0.25) is 5.95 Å². The van der Waals surface area contributed by atoms with Gasteiger partial charge in [-0.2, -0.15) is 10.2 Å². The molecule has 1 aromatic carbocycles. The van der Waals surface area contributed by atoms with E-state index in [1.165, 1.54) is 41.9 Å². The van der Waals surface area contributed by atoms with Crippen molar-refractivity contribution >= 4 is 22.7 Å². The summed E-state index contributed by atoms with van der Waals surface area (Å²) < 4.78 is 16.4. The molecule has 1 N–H and O–H groups in total. The number of hydrogen-bond acceptors (Lipinski definition) is 6. The van der Waals surface area contributed by atoms with Gasteiger partial charge in [0.1, 0.15) is 5.82 Å². The molecule has 1 unspecified atom stereocenters. The second-order valence-corrected chi connectivity index (χ2v) is 10.5. The molecule has 4 aromatic rings. The molecule has 8 heteroatoms. The van der Waals surface area contributed by atoms with Gasteiger partial charge >= 0.3 is 0 Å². The number of halogens is 1. The Morgan fingerprint density at radius 3 is 2.86 bits per heavy atom. The van der Waals surface area contributed by atoms with Crippen LogP contribution in [0.2, 0.25) is 0 Å². The first-order valence-corrected chi connectivity index (χ1v) is 12.4. The van der Waals surface area contributed by atoms with Crippen LogP contribution in [0.1, 0.15) is 55.0 Å². The van der Waals surface area contributed by atoms with Crippen molar-refractivity contribution in [2.45, 2.75) is 51.0 Å². The van der Waals surface area contributed by atoms with Crippen molar-refractivity contribution in [3.63, 3.8) is 0 Å². The van der Waals surface area contributed by atoms with Gasteiger partial charge in [-0.25, -0.2) is 14.4 Å². The number of benzene rings is 1. The molecule has 2 aliphatic rings. The van der Waals surface area contributed by atoms with Crippen LogP contribution in [0, 0.1) is 17.1 Å². The summed E-state index contributed by atoms with van der Waals surface area (Å²) in [4.78, 5) is 16.1. The zero-order chi connectivity index (χ0) is 25.0. The van der Waals surface area contributed by atoms with Gasteiger partial charge in [0, 0.05) is 31.2 Å². The Morgan fingerprint density at radius 1 is 1.19 bits per heavy atom. The lowest BCUT2D eigenvalue weighted by molar-refractivity contribution is 0.266. The number of likely N-dealkylation sites (N-methyl/N-ethyl adjacent to an activating group) is 1. The van der Waals surface area contributed by atoms with Gasteiger partial charge < -0.3 is 10.2 Å². The molecule has 0 saturated heterocycles. The summed E-state index contributed by atoms with van der Waals surface area (Å²) in [6, 6.07) is 12.1. The highest BCUT2D eigenvalue weighted by molar-refractivity contribution is 5.79. The number of pyridine rings is 1. The van der Waals surface area contributed by atoms with E-state index in [1.807, 2.05) is 19.9 Å². The van der Waals surface area contributed by atoms with Crippen molar-refractivity contribution in [1.82, 2.24) is 24.4 Å². The first-order valence-electron chi connectivity index (χ1n) is 12.4. The third kappa shape index (κ3) is 3.80. The summed E-state index contributed by atoms with van der Waals surface area (Å²) in [5.74, 6) is 1.10. The molecule has 1 aliphatic carbocycles. The van der Waals surface area contributed by atoms with Crippen LogP contribution in [0.25, 0.3) is 16.9 Å². The quantitative estimate of drug-likeness (QED) is 0.422. The van der Waals surface area contributed by atoms with Crippen LogP contribution in [0.3, 0.4) is 0 Å². The fraction of sp³-hybridized carbons (Fsp3) is 0.357. The van der Waals surface area contributed by atoms with Crippen molar-refractivity contribution in [2.75, 3.05) is 18.9 Å². The maximum atomic E-state index is 14.8. The number of hydrogen-bond donors (Lipinski definition) is 1. The van der Waals surface area contributed by atoms with E-state index in [-0.39, 0.29) is 0 Å². The van der Waals surface area contributed by atoms with E-state index in [2.05, 4.69) is 50.4 Å². The summed E-state index contributed by atoms with van der Waals surface area (Å²) in [6.45, 7) is 5.67. The Balaban J connectivity index is 1.39. The molecule has 0 bridgehead atoms. The highest BCUT2D eigenvalue weighted by Crippen LogP contribution is 2.40. The number of nitriles is 1. The van der Waals surface area contributed by atoms with Gasteiger partial charge in [-0.1, -0.05) is 6.07 Å². The third-order valence-corrected chi connectivity index (χ3v) is 7.38. The summed E-state index contributed by atoms with van der Waals surface area (Å²) in [5, 5.41) is 13.2. The van der Waals surface area contributed by atoms with Crippen molar-refractivity contribution in [2.24, 2.45) is 0 Å². The minimum atomic E-state index is -0.765. The van der Waals surface area contributed by atoms with Gasteiger partial charge in [-0.3, -0.25) is 4.57 Å². The lowest BCUT2D eigenvalue weighted by atomic mass is 9.77. The first kappa shape index (κ1) is 22.6. The second-order valence-electron chi connectivity index (χ2n) is 10.5. The molecule has 182 valence electrons. The average Bonchev–Trinajstić information content (AvgIpc) is 3.19. The highest BCUT2D eigenvalue weighted by atomic mass is 19.1. The van der Waals surface area contributed by atoms with E-state index < -0.39 is 11.2 Å². The fourth-order valence-corrected chi connectivity index (χ4v) is 5.61. The van der Waals surface area contributed by atoms with E-state index in [9.17, 15) is 9.65 Å². The largest absolute Gasteiger partial charge is 0.324 e. The smallest absolute Gasteiger partial charge is 0.229 e. The Kier molecular flexibility index (Phi) is 5.27. The van der Waals surface area contributed by atoms with Gasteiger partial charge in [-0.15, -0.1) is 0 Å². The molecule has 4 heterocycles. The highest BCUT2D eigenvalue weighted by Gasteiger charge is 2.29. The average molecular weight is 482 g/mol. The van der Waals surface area contributed by atoms with Crippen LogP contribution in [-0.2, 0) is 18.4 Å². The minimum absolute atomic E-state index is 0.317. The number of rotatable bonds is 4. The second kappa shape index (κ2) is 8.38. The third-order valence-electron chi connectivity index (χ3n) is 7.38. The van der Waals surface area contributed by atoms with E-state index in [4.69, 9.17) is 0 Å². The predicted molar refractivity (Wildman–Crippen MR) is 137 cm³/mol. The lowest BCUT2D eigenvalue weighted by Gasteiger charge is -2.37. The number of nitrogens with zero attached hydrogens (tertiary/aromatic N) is 6. The van der Waals surface area contributed by atoms with Crippen LogP contribution in [0.5, 0.6) is 0 Å². The number of aryl methyl sites for hydroxylation is 1. The zero-order valence-electron chi connectivity index (χ0n) is 20.7. The summed E-state index contributed by atoms with van der Waals surface area (Å²) in [7, 11) is 2.18. The molecule has 1 atom stereocenters. The monoisotopic (exact) mass is 481 g/mol. The fourth-order valence-electron chi connectivity index (χ4n) is 5.61. The molecule has 0 spiro atoms. The molecule has 1 aliphatic heterocycles. The van der Waals surface area contributed by atoms with Crippen LogP contribution in [0.15, 0.2) is 42.7 Å². The maximum absolute atomic E-state index is 14.8. The molecule has 0 radical (unpaired) electrons. The lowest BCUT2D eigenvalue weighted by Crippen LogP contribution is -2.33. The molecular weight excluding hydrogens is 453 g/mol. The summed E-state index contributed by atoms with van der Waals surface area (Å²) in [5.41, 5.74) is 5.53. The van der Waals surface area contributed by atoms with E-state index in [0.29, 0.717) is 34.4 Å². The molecular formula is C28H28FN7. The Hall–Kier alpha value is -3.83. The summed E-state index contributed by atoms with van der Waals surface area (Å²) in [6.07, 6.45) is 6.42. The summed E-state index contributed by atoms with van der Waals surface area (Å²) >= 11 is 0. The number of nitrogens with one attached hydrogen (secondary N) is 1. The molecule has 0 amide bonds. The van der Waals surface area contributed by atoms with Crippen molar-refractivity contribution < 1.29 is 4.39 Å². The maximum Gasteiger partial charge on any atom is 0.229 e. The number of aromatic nitrogens is 4. The van der Waals surface area contributed by atoms with Crippen molar-refractivity contribution in [1.29, 1.82) is 5.26 Å². The van der Waals surface area contributed by atoms with Crippen molar-refractivity contribution in [3.05, 3.63) is 70.9 Å². The van der Waals surface area contributed by atoms with Gasteiger partial charge in [0.25, 0.3) is 0 Å². The Morgan fingerprint density at radius 2 is 2.03 bits per heavy atom. The minimum Gasteiger partial charge on any atom is -0.324 e. The van der Waals surface area contributed by atoms with E-state index in [0.717, 1.165) is 25.2 Å². The predicted octanol–water partition coefficient (Wildman–Crippen LogP) is 5.36. The molecule has 6 rings (SSSR count). The molecule has 0 saturated carbocycles. The van der Waals surface area contributed by atoms with Crippen LogP contribution in [-0.4, -0.2) is 38.0 Å². The van der Waals surface area contributed by atoms with E-state index >= 15 is 0 Å². The van der Waals surface area contributed by atoms with Gasteiger partial charge in [-0.05, 0) is 87.0 Å². The number of anilines is 2. The van der Waals surface area contributed by atoms with E-state index in [1.54, 1.807) is 16.7 Å². The normalized spacial score (nSPS) is 17.6. The molecule has 36 heavy (non-hydrogen) atoms. The van der Waals surface area contributed by atoms with Crippen LogP contribution >= 0.6 is 0 Å². The molecule has 7 nitrogen and oxygen atoms in total. The van der Waals surface area contributed by atoms with Crippen LogP contribution < -0.4 is 5.32 Å². The first-order chi connectivity index (χ1) is 17.3. The topological polar surface area (TPSA) is 82.7 Å². The van der Waals surface area contributed by atoms with Crippen LogP contribution in [0.4, 0.5) is 16.0 Å². The Labute approximate surface area is 209 Å². The SMILES string of the molecule is CN1Cc2cc(Nc3ncc4c(F)cn(-c5cccc(C(C)(C)C#N)n5)c4n3)cc3c2C(CCC3)C1. The van der Waals surface area contributed by atoms with Crippen molar-refractivity contribution in [3.8, 4) is 11.9 Å². The number of fused-ring (bicyclic) bond motifs is 1. The van der Waals surface area contributed by atoms with Gasteiger partial charge in [0.15, 0.2) is 11.5 Å².